The van der Waals surface area contributed by atoms with Crippen LogP contribution in [-0.2, 0) is 42.5 Å². The number of rotatable bonds is 12. The van der Waals surface area contributed by atoms with E-state index in [1.807, 2.05) is 41.1 Å². The van der Waals surface area contributed by atoms with Crippen LogP contribution >= 0.6 is 0 Å². The summed E-state index contributed by atoms with van der Waals surface area (Å²) < 4.78 is 55.2. The highest BCUT2D eigenvalue weighted by Crippen LogP contribution is 2.32. The highest BCUT2D eigenvalue weighted by molar-refractivity contribution is 7.90. The molecular formula is C29H30N4O6S2. The Morgan fingerprint density at radius 2 is 1.68 bits per heavy atom. The third-order valence-corrected chi connectivity index (χ3v) is 9.90. The lowest BCUT2D eigenvalue weighted by Gasteiger charge is -2.20. The second-order valence-electron chi connectivity index (χ2n) is 9.72. The number of benzene rings is 3. The van der Waals surface area contributed by atoms with Gasteiger partial charge in [-0.2, -0.15) is 9.98 Å². The van der Waals surface area contributed by atoms with E-state index in [1.165, 1.54) is 35.9 Å². The molecule has 12 heteroatoms. The number of nitrogens with one attached hydrogen (secondary N) is 3. The van der Waals surface area contributed by atoms with Crippen molar-refractivity contribution >= 4 is 31.9 Å². The Hall–Kier alpha value is -4.05. The molecule has 214 valence electrons. The zero-order valence-corrected chi connectivity index (χ0v) is 23.7. The van der Waals surface area contributed by atoms with Gasteiger partial charge in [0.2, 0.25) is 31.9 Å². The molecule has 3 aromatic carbocycles. The largest absolute Gasteiger partial charge is 0.355 e. The van der Waals surface area contributed by atoms with Crippen LogP contribution in [0.25, 0.3) is 0 Å². The number of hydrogen-bond acceptors (Lipinski definition) is 7. The van der Waals surface area contributed by atoms with Crippen LogP contribution in [0.4, 0.5) is 0 Å². The molecule has 2 amide bonds. The molecule has 3 N–H and O–H groups in total. The molecule has 1 saturated heterocycles. The zero-order chi connectivity index (χ0) is 29.5. The molecule has 2 atom stereocenters. The van der Waals surface area contributed by atoms with E-state index in [1.54, 1.807) is 18.2 Å². The van der Waals surface area contributed by atoms with Gasteiger partial charge in [-0.3, -0.25) is 14.3 Å². The first-order chi connectivity index (χ1) is 19.6. The van der Waals surface area contributed by atoms with E-state index >= 15 is 0 Å². The summed E-state index contributed by atoms with van der Waals surface area (Å²) in [6, 6.07) is 22.7. The van der Waals surface area contributed by atoms with Gasteiger partial charge in [0.15, 0.2) is 0 Å². The van der Waals surface area contributed by atoms with Crippen LogP contribution in [0.15, 0.2) is 83.8 Å². The molecule has 1 aliphatic rings. The van der Waals surface area contributed by atoms with Crippen LogP contribution in [0, 0.1) is 11.3 Å². The Labute approximate surface area is 239 Å². The molecule has 4 rings (SSSR count). The molecule has 2 unspecified atom stereocenters. The zero-order valence-electron chi connectivity index (χ0n) is 22.1. The van der Waals surface area contributed by atoms with Crippen LogP contribution in [0.1, 0.15) is 46.8 Å². The molecule has 0 aliphatic carbocycles. The minimum atomic E-state index is -4.06. The molecule has 0 radical (unpaired) electrons. The molecular weight excluding hydrogens is 564 g/mol. The number of hydrogen-bond donors (Lipinski definition) is 3. The molecule has 3 aromatic rings. The fourth-order valence-corrected chi connectivity index (χ4v) is 7.32. The van der Waals surface area contributed by atoms with E-state index in [-0.39, 0.29) is 28.9 Å². The lowest BCUT2D eigenvalue weighted by molar-refractivity contribution is -0.122. The van der Waals surface area contributed by atoms with Crippen molar-refractivity contribution in [1.82, 2.24) is 14.8 Å². The van der Waals surface area contributed by atoms with E-state index < -0.39 is 43.2 Å². The lowest BCUT2D eigenvalue weighted by atomic mass is 9.97. The highest BCUT2D eigenvalue weighted by Gasteiger charge is 2.39. The Morgan fingerprint density at radius 1 is 1.00 bits per heavy atom. The SMILES string of the molecule is N#Cc1cc(CC(NS(=O)(=O)c2ccccc2)C(=O)NCCCCc2ccccc2)ccc1C1CC(=O)NS1(=O)=O. The van der Waals surface area contributed by atoms with E-state index in [0.717, 1.165) is 12.8 Å². The molecule has 0 bridgehead atoms. The Bertz CT molecular complexity index is 1650. The van der Waals surface area contributed by atoms with Gasteiger partial charge in [0.25, 0.3) is 0 Å². The summed E-state index contributed by atoms with van der Waals surface area (Å²) in [5.41, 5.74) is 1.83. The maximum Gasteiger partial charge on any atom is 0.242 e. The normalized spacial score (nSPS) is 16.9. The molecule has 0 aromatic heterocycles. The fourth-order valence-electron chi connectivity index (χ4n) is 4.65. The van der Waals surface area contributed by atoms with Gasteiger partial charge in [-0.1, -0.05) is 60.7 Å². The Balaban J connectivity index is 1.50. The molecule has 10 nitrogen and oxygen atoms in total. The van der Waals surface area contributed by atoms with Crippen LogP contribution in [0.3, 0.4) is 0 Å². The van der Waals surface area contributed by atoms with Crippen LogP contribution in [0.5, 0.6) is 0 Å². The van der Waals surface area contributed by atoms with Gasteiger partial charge in [0.1, 0.15) is 11.3 Å². The molecule has 0 saturated carbocycles. The quantitative estimate of drug-likeness (QED) is 0.271. The number of carbonyl (C=O) groups is 2. The van der Waals surface area contributed by atoms with Gasteiger partial charge < -0.3 is 5.32 Å². The molecule has 0 spiro atoms. The maximum atomic E-state index is 13.2. The third kappa shape index (κ3) is 7.79. The lowest BCUT2D eigenvalue weighted by Crippen LogP contribution is -2.48. The number of carbonyl (C=O) groups excluding carboxylic acids is 2. The Morgan fingerprint density at radius 3 is 2.32 bits per heavy atom. The van der Waals surface area contributed by atoms with Crippen molar-refractivity contribution in [3.63, 3.8) is 0 Å². The number of nitrogens with zero attached hydrogens (tertiary/aromatic N) is 1. The first-order valence-electron chi connectivity index (χ1n) is 13.1. The standard InChI is InChI=1S/C29H30N4O6S2/c30-20-23-17-22(14-15-25(23)27-19-28(34)33-41(27,38)39)18-26(32-40(36,37)24-12-5-2-6-13-24)29(35)31-16-8-7-11-21-9-3-1-4-10-21/h1-6,9-10,12-15,17,26-27,32H,7-8,11,16,18-19H2,(H,31,35)(H,33,34). The summed E-state index contributed by atoms with van der Waals surface area (Å²) in [5, 5.41) is 11.3. The van der Waals surface area contributed by atoms with E-state index in [9.17, 15) is 31.7 Å². The van der Waals surface area contributed by atoms with Crippen molar-refractivity contribution in [2.45, 2.75) is 48.3 Å². The van der Waals surface area contributed by atoms with E-state index in [0.29, 0.717) is 18.5 Å². The van der Waals surface area contributed by atoms with E-state index in [2.05, 4.69) is 10.0 Å². The van der Waals surface area contributed by atoms with Crippen LogP contribution < -0.4 is 14.8 Å². The van der Waals surface area contributed by atoms with E-state index in [4.69, 9.17) is 0 Å². The second kappa shape index (κ2) is 13.1. The first kappa shape index (κ1) is 29.9. The fraction of sp³-hybridized carbons (Fsp3) is 0.276. The average Bonchev–Trinajstić information content (AvgIpc) is 3.24. The average molecular weight is 595 g/mol. The number of sulfonamides is 2. The third-order valence-electron chi connectivity index (χ3n) is 6.73. The minimum Gasteiger partial charge on any atom is -0.355 e. The second-order valence-corrected chi connectivity index (χ2v) is 13.3. The summed E-state index contributed by atoms with van der Waals surface area (Å²) in [6.07, 6.45) is 1.98. The summed E-state index contributed by atoms with van der Waals surface area (Å²) in [6.45, 7) is 0.345. The molecule has 1 fully saturated rings. The first-order valence-corrected chi connectivity index (χ1v) is 16.1. The molecule has 1 heterocycles. The maximum absolute atomic E-state index is 13.2. The van der Waals surface area contributed by atoms with Crippen molar-refractivity contribution in [3.05, 3.63) is 101 Å². The van der Waals surface area contributed by atoms with Crippen LogP contribution in [0.2, 0.25) is 0 Å². The van der Waals surface area contributed by atoms with Crippen LogP contribution in [-0.4, -0.2) is 41.2 Å². The monoisotopic (exact) mass is 594 g/mol. The van der Waals surface area contributed by atoms with Gasteiger partial charge >= 0.3 is 0 Å². The van der Waals surface area contributed by atoms with Crippen molar-refractivity contribution in [3.8, 4) is 6.07 Å². The number of amides is 2. The van der Waals surface area contributed by atoms with Gasteiger partial charge in [-0.15, -0.1) is 0 Å². The predicted molar refractivity (Wildman–Crippen MR) is 152 cm³/mol. The highest BCUT2D eigenvalue weighted by atomic mass is 32.2. The molecule has 41 heavy (non-hydrogen) atoms. The summed E-state index contributed by atoms with van der Waals surface area (Å²) in [4.78, 5) is 24.9. The summed E-state index contributed by atoms with van der Waals surface area (Å²) in [5.74, 6) is -1.18. The van der Waals surface area contributed by atoms with Crippen molar-refractivity contribution in [2.24, 2.45) is 0 Å². The topological polar surface area (TPSA) is 162 Å². The van der Waals surface area contributed by atoms with Gasteiger partial charge in [0, 0.05) is 6.54 Å². The Kier molecular flexibility index (Phi) is 9.54. The molecule has 1 aliphatic heterocycles. The number of unbranched alkanes of at least 4 members (excludes halogenated alkanes) is 1. The van der Waals surface area contributed by atoms with Gasteiger partial charge in [-0.25, -0.2) is 16.8 Å². The summed E-state index contributed by atoms with van der Waals surface area (Å²) >= 11 is 0. The summed E-state index contributed by atoms with van der Waals surface area (Å²) in [7, 11) is -8.02. The number of nitriles is 1. The number of aryl methyl sites for hydroxylation is 1. The van der Waals surface area contributed by atoms with Gasteiger partial charge in [0.05, 0.1) is 22.9 Å². The van der Waals surface area contributed by atoms with Gasteiger partial charge in [-0.05, 0) is 60.6 Å². The predicted octanol–water partition coefficient (Wildman–Crippen LogP) is 2.48. The minimum absolute atomic E-state index is 0.00247. The van der Waals surface area contributed by atoms with Crippen molar-refractivity contribution in [2.75, 3.05) is 6.54 Å². The smallest absolute Gasteiger partial charge is 0.242 e. The van der Waals surface area contributed by atoms with Crippen molar-refractivity contribution < 1.29 is 26.4 Å². The van der Waals surface area contributed by atoms with Crippen molar-refractivity contribution in [1.29, 1.82) is 5.26 Å².